The van der Waals surface area contributed by atoms with E-state index in [4.69, 9.17) is 5.73 Å². The summed E-state index contributed by atoms with van der Waals surface area (Å²) in [5, 5.41) is 0. The summed E-state index contributed by atoms with van der Waals surface area (Å²) in [4.78, 5) is 26.0. The van der Waals surface area contributed by atoms with Gasteiger partial charge in [0.2, 0.25) is 5.91 Å². The second-order valence-corrected chi connectivity index (χ2v) is 6.51. The van der Waals surface area contributed by atoms with Crippen molar-refractivity contribution >= 4 is 11.8 Å². The Kier molecular flexibility index (Phi) is 4.46. The molecule has 0 aromatic heterocycles. The minimum Gasteiger partial charge on any atom is -0.370 e. The fourth-order valence-electron chi connectivity index (χ4n) is 3.74. The highest BCUT2D eigenvalue weighted by molar-refractivity contribution is 5.95. The van der Waals surface area contributed by atoms with Crippen molar-refractivity contribution in [2.75, 3.05) is 6.54 Å². The van der Waals surface area contributed by atoms with Gasteiger partial charge in [-0.3, -0.25) is 9.59 Å². The standard InChI is InChI=1S/C18H24N2O2/c19-17(21)12-16-7-3-4-10-20(16)18(22)15-9-8-13-5-1-2-6-14(13)11-15/h8-9,11,16H,1-7,10,12H2,(H2,19,21). The number of nitrogens with two attached hydrogens (primary N) is 1. The molecule has 118 valence electrons. The van der Waals surface area contributed by atoms with Crippen LogP contribution >= 0.6 is 0 Å². The van der Waals surface area contributed by atoms with E-state index < -0.39 is 0 Å². The van der Waals surface area contributed by atoms with Crippen molar-refractivity contribution in [1.29, 1.82) is 0 Å². The molecule has 0 saturated carbocycles. The van der Waals surface area contributed by atoms with E-state index in [2.05, 4.69) is 12.1 Å². The monoisotopic (exact) mass is 300 g/mol. The van der Waals surface area contributed by atoms with Gasteiger partial charge in [-0.05, 0) is 68.2 Å². The van der Waals surface area contributed by atoms with Crippen LogP contribution in [-0.2, 0) is 17.6 Å². The molecule has 1 heterocycles. The van der Waals surface area contributed by atoms with Gasteiger partial charge in [-0.1, -0.05) is 6.07 Å². The number of aryl methyl sites for hydroxylation is 2. The van der Waals surface area contributed by atoms with Crippen LogP contribution in [0.15, 0.2) is 18.2 Å². The number of amides is 2. The number of carbonyl (C=O) groups excluding carboxylic acids is 2. The first kappa shape index (κ1) is 15.1. The van der Waals surface area contributed by atoms with E-state index in [1.807, 2.05) is 11.0 Å². The first-order chi connectivity index (χ1) is 10.6. The molecule has 4 nitrogen and oxygen atoms in total. The van der Waals surface area contributed by atoms with Gasteiger partial charge in [0.25, 0.3) is 5.91 Å². The smallest absolute Gasteiger partial charge is 0.254 e. The summed E-state index contributed by atoms with van der Waals surface area (Å²) >= 11 is 0. The average molecular weight is 300 g/mol. The maximum absolute atomic E-state index is 12.9. The van der Waals surface area contributed by atoms with Crippen LogP contribution < -0.4 is 5.73 Å². The molecule has 1 atom stereocenters. The number of piperidine rings is 1. The Morgan fingerprint density at radius 1 is 1.09 bits per heavy atom. The third-order valence-electron chi connectivity index (χ3n) is 4.92. The number of primary amides is 1. The number of carbonyl (C=O) groups is 2. The summed E-state index contributed by atoms with van der Waals surface area (Å²) in [6.45, 7) is 0.730. The number of benzene rings is 1. The molecule has 1 aromatic carbocycles. The van der Waals surface area contributed by atoms with Crippen LogP contribution in [0.4, 0.5) is 0 Å². The lowest BCUT2D eigenvalue weighted by atomic mass is 9.90. The number of likely N-dealkylation sites (tertiary alicyclic amines) is 1. The second-order valence-electron chi connectivity index (χ2n) is 6.51. The Hall–Kier alpha value is -1.84. The van der Waals surface area contributed by atoms with E-state index in [1.54, 1.807) is 0 Å². The lowest BCUT2D eigenvalue weighted by Crippen LogP contribution is -2.45. The molecule has 1 aliphatic carbocycles. The molecule has 2 N–H and O–H groups in total. The van der Waals surface area contributed by atoms with Crippen LogP contribution in [-0.4, -0.2) is 29.3 Å². The summed E-state index contributed by atoms with van der Waals surface area (Å²) in [5.41, 5.74) is 8.80. The topological polar surface area (TPSA) is 63.4 Å². The van der Waals surface area contributed by atoms with Gasteiger partial charge in [0.05, 0.1) is 0 Å². The van der Waals surface area contributed by atoms with Gasteiger partial charge in [0.1, 0.15) is 0 Å². The van der Waals surface area contributed by atoms with Crippen molar-refractivity contribution < 1.29 is 9.59 Å². The zero-order chi connectivity index (χ0) is 15.5. The van der Waals surface area contributed by atoms with E-state index in [0.717, 1.165) is 44.2 Å². The molecular formula is C18H24N2O2. The first-order valence-corrected chi connectivity index (χ1v) is 8.36. The summed E-state index contributed by atoms with van der Waals surface area (Å²) < 4.78 is 0. The van der Waals surface area contributed by atoms with Crippen LogP contribution in [0, 0.1) is 0 Å². The fraction of sp³-hybridized carbons (Fsp3) is 0.556. The van der Waals surface area contributed by atoms with Crippen LogP contribution in [0.5, 0.6) is 0 Å². The Labute approximate surface area is 131 Å². The predicted octanol–water partition coefficient (Wildman–Crippen LogP) is 2.44. The van der Waals surface area contributed by atoms with Gasteiger partial charge < -0.3 is 10.6 Å². The van der Waals surface area contributed by atoms with E-state index in [-0.39, 0.29) is 24.3 Å². The van der Waals surface area contributed by atoms with Gasteiger partial charge in [-0.2, -0.15) is 0 Å². The van der Waals surface area contributed by atoms with Gasteiger partial charge >= 0.3 is 0 Å². The maximum atomic E-state index is 12.9. The summed E-state index contributed by atoms with van der Waals surface area (Å²) in [6, 6.07) is 6.08. The maximum Gasteiger partial charge on any atom is 0.254 e. The van der Waals surface area contributed by atoms with Crippen molar-refractivity contribution in [2.45, 2.75) is 57.4 Å². The van der Waals surface area contributed by atoms with Gasteiger partial charge in [0.15, 0.2) is 0 Å². The van der Waals surface area contributed by atoms with Crippen LogP contribution in [0.25, 0.3) is 0 Å². The van der Waals surface area contributed by atoms with Crippen molar-refractivity contribution in [3.8, 4) is 0 Å². The van der Waals surface area contributed by atoms with E-state index in [0.29, 0.717) is 0 Å². The number of hydrogen-bond acceptors (Lipinski definition) is 2. The molecule has 3 rings (SSSR count). The van der Waals surface area contributed by atoms with Crippen LogP contribution in [0.1, 0.15) is 60.0 Å². The number of rotatable bonds is 3. The molecule has 0 radical (unpaired) electrons. The summed E-state index contributed by atoms with van der Waals surface area (Å²) in [7, 11) is 0. The van der Waals surface area contributed by atoms with Gasteiger partial charge in [-0.25, -0.2) is 0 Å². The highest BCUT2D eigenvalue weighted by atomic mass is 16.2. The highest BCUT2D eigenvalue weighted by Crippen LogP contribution is 2.25. The first-order valence-electron chi connectivity index (χ1n) is 8.36. The molecule has 2 aliphatic rings. The Morgan fingerprint density at radius 2 is 1.86 bits per heavy atom. The zero-order valence-corrected chi connectivity index (χ0v) is 13.0. The normalized spacial score (nSPS) is 21.3. The number of hydrogen-bond donors (Lipinski definition) is 1. The largest absolute Gasteiger partial charge is 0.370 e. The fourth-order valence-corrected chi connectivity index (χ4v) is 3.74. The minimum absolute atomic E-state index is 0.0326. The SMILES string of the molecule is NC(=O)CC1CCCCN1C(=O)c1ccc2c(c1)CCCC2. The Bertz CT molecular complexity index is 582. The molecule has 4 heteroatoms. The third-order valence-corrected chi connectivity index (χ3v) is 4.92. The molecule has 1 unspecified atom stereocenters. The molecule has 0 bridgehead atoms. The molecule has 1 aromatic rings. The van der Waals surface area contributed by atoms with Crippen LogP contribution in [0.3, 0.4) is 0 Å². The van der Waals surface area contributed by atoms with Gasteiger partial charge in [-0.15, -0.1) is 0 Å². The molecule has 1 saturated heterocycles. The molecule has 0 spiro atoms. The van der Waals surface area contributed by atoms with Crippen molar-refractivity contribution in [3.05, 3.63) is 34.9 Å². The quantitative estimate of drug-likeness (QED) is 0.932. The zero-order valence-electron chi connectivity index (χ0n) is 13.0. The lowest BCUT2D eigenvalue weighted by molar-refractivity contribution is -0.119. The van der Waals surface area contributed by atoms with E-state index >= 15 is 0 Å². The van der Waals surface area contributed by atoms with Crippen LogP contribution in [0.2, 0.25) is 0 Å². The van der Waals surface area contributed by atoms with E-state index in [9.17, 15) is 9.59 Å². The molecule has 1 fully saturated rings. The van der Waals surface area contributed by atoms with Gasteiger partial charge in [0, 0.05) is 24.6 Å². The molecule has 22 heavy (non-hydrogen) atoms. The molecule has 1 aliphatic heterocycles. The van der Waals surface area contributed by atoms with E-state index in [1.165, 1.54) is 24.0 Å². The second kappa shape index (κ2) is 6.51. The number of fused-ring (bicyclic) bond motifs is 1. The highest BCUT2D eigenvalue weighted by Gasteiger charge is 2.29. The third kappa shape index (κ3) is 3.16. The Morgan fingerprint density at radius 3 is 2.64 bits per heavy atom. The molecule has 2 amide bonds. The van der Waals surface area contributed by atoms with Crippen molar-refractivity contribution in [1.82, 2.24) is 4.90 Å². The minimum atomic E-state index is -0.324. The summed E-state index contributed by atoms with van der Waals surface area (Å²) in [6.07, 6.45) is 7.86. The Balaban J connectivity index is 1.80. The van der Waals surface area contributed by atoms with Crippen molar-refractivity contribution in [2.24, 2.45) is 5.73 Å². The molecular weight excluding hydrogens is 276 g/mol. The predicted molar refractivity (Wildman–Crippen MR) is 85.6 cm³/mol. The lowest BCUT2D eigenvalue weighted by Gasteiger charge is -2.35. The van der Waals surface area contributed by atoms with Crippen molar-refractivity contribution in [3.63, 3.8) is 0 Å². The number of nitrogens with zero attached hydrogens (tertiary/aromatic N) is 1. The summed E-state index contributed by atoms with van der Waals surface area (Å²) in [5.74, 6) is -0.269. The average Bonchev–Trinajstić information content (AvgIpc) is 2.54.